The lowest BCUT2D eigenvalue weighted by Crippen LogP contribution is -2.51. The van der Waals surface area contributed by atoms with Crippen molar-refractivity contribution in [1.82, 2.24) is 20.2 Å². The second-order valence-corrected chi connectivity index (χ2v) is 7.23. The minimum atomic E-state index is 0.147. The maximum Gasteiger partial charge on any atom is 0.236 e. The lowest BCUT2D eigenvalue weighted by atomic mass is 10.0. The van der Waals surface area contributed by atoms with Gasteiger partial charge in [0, 0.05) is 49.1 Å². The average molecular weight is 418 g/mol. The molecule has 2 aromatic rings. The molecule has 0 saturated carbocycles. The Kier molecular flexibility index (Phi) is 6.57. The topological polar surface area (TPSA) is 61.4 Å². The van der Waals surface area contributed by atoms with E-state index in [0.717, 1.165) is 29.9 Å². The van der Waals surface area contributed by atoms with Gasteiger partial charge in [-0.1, -0.05) is 35.0 Å². The first-order valence-electron chi connectivity index (χ1n) is 8.96. The van der Waals surface area contributed by atoms with Gasteiger partial charge in [0.15, 0.2) is 0 Å². The maximum absolute atomic E-state index is 12.6. The minimum Gasteiger partial charge on any atom is -0.338 e. The fourth-order valence-corrected chi connectivity index (χ4v) is 3.39. The van der Waals surface area contributed by atoms with E-state index in [2.05, 4.69) is 55.2 Å². The summed E-state index contributed by atoms with van der Waals surface area (Å²) < 4.78 is 1.06. The van der Waals surface area contributed by atoms with Gasteiger partial charge >= 0.3 is 0 Å². The van der Waals surface area contributed by atoms with E-state index in [1.165, 1.54) is 5.56 Å². The number of piperazine rings is 1. The summed E-state index contributed by atoms with van der Waals surface area (Å²) in [6, 6.07) is 10.2. The van der Waals surface area contributed by atoms with E-state index >= 15 is 0 Å². The van der Waals surface area contributed by atoms with Gasteiger partial charge < -0.3 is 15.1 Å². The van der Waals surface area contributed by atoms with Crippen LogP contribution in [0.25, 0.3) is 0 Å². The van der Waals surface area contributed by atoms with E-state index in [1.807, 2.05) is 23.1 Å². The first-order valence-corrected chi connectivity index (χ1v) is 9.75. The van der Waals surface area contributed by atoms with Crippen molar-refractivity contribution in [3.63, 3.8) is 0 Å². The van der Waals surface area contributed by atoms with E-state index in [1.54, 1.807) is 12.4 Å². The molecule has 6 nitrogen and oxygen atoms in total. The monoisotopic (exact) mass is 417 g/mol. The van der Waals surface area contributed by atoms with Crippen molar-refractivity contribution in [1.29, 1.82) is 0 Å². The van der Waals surface area contributed by atoms with Gasteiger partial charge in [-0.15, -0.1) is 0 Å². The highest BCUT2D eigenvalue weighted by Gasteiger charge is 2.22. The number of hydrogen-bond acceptors (Lipinski definition) is 5. The Bertz CT molecular complexity index is 702. The molecule has 0 unspecified atom stereocenters. The normalized spacial score (nSPS) is 15.8. The van der Waals surface area contributed by atoms with Gasteiger partial charge in [0.1, 0.15) is 0 Å². The van der Waals surface area contributed by atoms with Crippen LogP contribution in [0.1, 0.15) is 24.9 Å². The lowest BCUT2D eigenvalue weighted by Gasteiger charge is -2.35. The highest BCUT2D eigenvalue weighted by molar-refractivity contribution is 9.10. The molecule has 1 aliphatic heterocycles. The molecule has 1 aromatic carbocycles. The highest BCUT2D eigenvalue weighted by Crippen LogP contribution is 2.19. The fraction of sp³-hybridized carbons (Fsp3) is 0.421. The van der Waals surface area contributed by atoms with Crippen molar-refractivity contribution in [3.05, 3.63) is 52.8 Å². The molecule has 1 fully saturated rings. The molecule has 1 aliphatic rings. The van der Waals surface area contributed by atoms with E-state index in [0.29, 0.717) is 19.6 Å². The van der Waals surface area contributed by atoms with Crippen molar-refractivity contribution in [2.45, 2.75) is 19.4 Å². The summed E-state index contributed by atoms with van der Waals surface area (Å²) in [5, 5.41) is 3.40. The predicted molar refractivity (Wildman–Crippen MR) is 106 cm³/mol. The van der Waals surface area contributed by atoms with Crippen LogP contribution in [0.2, 0.25) is 0 Å². The number of rotatable bonds is 6. The fourth-order valence-electron chi connectivity index (χ4n) is 3.13. The molecule has 0 aliphatic carbocycles. The number of amides is 1. The molecule has 7 heteroatoms. The van der Waals surface area contributed by atoms with Crippen LogP contribution in [-0.2, 0) is 4.79 Å². The number of aromatic nitrogens is 2. The Hall–Kier alpha value is -1.99. The zero-order chi connectivity index (χ0) is 18.4. The van der Waals surface area contributed by atoms with Gasteiger partial charge in [-0.3, -0.25) is 4.79 Å². The molecule has 0 radical (unpaired) electrons. The summed E-state index contributed by atoms with van der Waals surface area (Å²) in [5.41, 5.74) is 1.20. The van der Waals surface area contributed by atoms with Gasteiger partial charge in [-0.25, -0.2) is 9.97 Å². The van der Waals surface area contributed by atoms with Crippen molar-refractivity contribution >= 4 is 27.8 Å². The number of carbonyl (C=O) groups is 1. The minimum absolute atomic E-state index is 0.147. The summed E-state index contributed by atoms with van der Waals surface area (Å²) in [4.78, 5) is 25.1. The highest BCUT2D eigenvalue weighted by atomic mass is 79.9. The third-order valence-electron chi connectivity index (χ3n) is 4.65. The van der Waals surface area contributed by atoms with Crippen molar-refractivity contribution in [2.75, 3.05) is 37.6 Å². The predicted octanol–water partition coefficient (Wildman–Crippen LogP) is 2.63. The molecule has 1 aromatic heterocycles. The molecule has 138 valence electrons. The smallest absolute Gasteiger partial charge is 0.236 e. The van der Waals surface area contributed by atoms with Crippen molar-refractivity contribution in [2.24, 2.45) is 0 Å². The number of benzene rings is 1. The Morgan fingerprint density at radius 2 is 1.81 bits per heavy atom. The molecule has 1 atom stereocenters. The number of nitrogens with one attached hydrogen (secondary N) is 1. The van der Waals surface area contributed by atoms with Crippen LogP contribution in [0.5, 0.6) is 0 Å². The largest absolute Gasteiger partial charge is 0.338 e. The summed E-state index contributed by atoms with van der Waals surface area (Å²) >= 11 is 3.46. The number of nitrogens with zero attached hydrogens (tertiary/aromatic N) is 4. The molecule has 1 N–H and O–H groups in total. The Balaban J connectivity index is 1.48. The maximum atomic E-state index is 12.6. The quantitative estimate of drug-likeness (QED) is 0.782. The van der Waals surface area contributed by atoms with Crippen LogP contribution in [0, 0.1) is 0 Å². The standard InChI is InChI=1S/C19H24BrN5O/c1-2-17(15-4-6-16(20)7-5-15)23-14-18(26)24-10-12-25(13-11-24)19-21-8-3-9-22-19/h3-9,17,23H,2,10-14H2,1H3/t17-/m0/s1. The van der Waals surface area contributed by atoms with Crippen LogP contribution < -0.4 is 10.2 Å². The zero-order valence-corrected chi connectivity index (χ0v) is 16.5. The Morgan fingerprint density at radius 3 is 2.42 bits per heavy atom. The SMILES string of the molecule is CC[C@H](NCC(=O)N1CCN(c2ncccn2)CC1)c1ccc(Br)cc1. The van der Waals surface area contributed by atoms with Crippen molar-refractivity contribution in [3.8, 4) is 0 Å². The van der Waals surface area contributed by atoms with Gasteiger partial charge in [-0.05, 0) is 30.2 Å². The lowest BCUT2D eigenvalue weighted by molar-refractivity contribution is -0.130. The van der Waals surface area contributed by atoms with E-state index in [-0.39, 0.29) is 11.9 Å². The zero-order valence-electron chi connectivity index (χ0n) is 14.9. The molecule has 3 rings (SSSR count). The first kappa shape index (κ1) is 18.8. The van der Waals surface area contributed by atoms with Gasteiger partial charge in [0.2, 0.25) is 11.9 Å². The van der Waals surface area contributed by atoms with Crippen LogP contribution in [0.4, 0.5) is 5.95 Å². The Labute approximate surface area is 162 Å². The summed E-state index contributed by atoms with van der Waals surface area (Å²) in [6.07, 6.45) is 4.43. The number of anilines is 1. The third kappa shape index (κ3) is 4.80. The van der Waals surface area contributed by atoms with Crippen molar-refractivity contribution < 1.29 is 4.79 Å². The van der Waals surface area contributed by atoms with E-state index < -0.39 is 0 Å². The van der Waals surface area contributed by atoms with Crippen LogP contribution in [0.15, 0.2) is 47.2 Å². The second kappa shape index (κ2) is 9.09. The molecule has 26 heavy (non-hydrogen) atoms. The number of hydrogen-bond donors (Lipinski definition) is 1. The van der Waals surface area contributed by atoms with Crippen LogP contribution >= 0.6 is 15.9 Å². The molecule has 1 amide bonds. The second-order valence-electron chi connectivity index (χ2n) is 6.31. The number of carbonyl (C=O) groups excluding carboxylic acids is 1. The third-order valence-corrected chi connectivity index (χ3v) is 5.18. The molecule has 0 bridgehead atoms. The molecule has 2 heterocycles. The van der Waals surface area contributed by atoms with Crippen LogP contribution in [0.3, 0.4) is 0 Å². The summed E-state index contributed by atoms with van der Waals surface area (Å²) in [7, 11) is 0. The Morgan fingerprint density at radius 1 is 1.15 bits per heavy atom. The van der Waals surface area contributed by atoms with E-state index in [9.17, 15) is 4.79 Å². The van der Waals surface area contributed by atoms with Gasteiger partial charge in [0.05, 0.1) is 6.54 Å². The van der Waals surface area contributed by atoms with Gasteiger partial charge in [-0.2, -0.15) is 0 Å². The average Bonchev–Trinajstić information content (AvgIpc) is 2.70. The van der Waals surface area contributed by atoms with E-state index in [4.69, 9.17) is 0 Å². The van der Waals surface area contributed by atoms with Gasteiger partial charge in [0.25, 0.3) is 0 Å². The molecule has 1 saturated heterocycles. The molecular formula is C19H24BrN5O. The van der Waals surface area contributed by atoms with Crippen LogP contribution in [-0.4, -0.2) is 53.5 Å². The number of halogens is 1. The summed E-state index contributed by atoms with van der Waals surface area (Å²) in [6.45, 7) is 5.42. The summed E-state index contributed by atoms with van der Waals surface area (Å²) in [5.74, 6) is 0.883. The molecular weight excluding hydrogens is 394 g/mol. The molecule has 0 spiro atoms. The first-order chi connectivity index (χ1) is 12.7.